The van der Waals surface area contributed by atoms with Crippen LogP contribution in [0.4, 0.5) is 0 Å². The van der Waals surface area contributed by atoms with Gasteiger partial charge in [0.2, 0.25) is 0 Å². The number of amides is 2. The topological polar surface area (TPSA) is 66.9 Å². The summed E-state index contributed by atoms with van der Waals surface area (Å²) < 4.78 is 6.40. The zero-order chi connectivity index (χ0) is 39.7. The molecule has 6 heteroatoms. The Morgan fingerprint density at radius 2 is 1.02 bits per heavy atom. The van der Waals surface area contributed by atoms with E-state index < -0.39 is 6.04 Å². The normalized spacial score (nSPS) is 14.7. The van der Waals surface area contributed by atoms with Gasteiger partial charge in [-0.05, 0) is 114 Å². The van der Waals surface area contributed by atoms with Crippen LogP contribution in [0.3, 0.4) is 0 Å². The molecule has 6 nitrogen and oxygen atoms in total. The van der Waals surface area contributed by atoms with Crippen LogP contribution in [0.15, 0.2) is 158 Å². The van der Waals surface area contributed by atoms with Crippen LogP contribution in [0.1, 0.15) is 79.8 Å². The van der Waals surface area contributed by atoms with E-state index in [2.05, 4.69) is 66.7 Å². The number of rotatable bonds is 13. The molecule has 0 N–H and O–H groups in total. The molecule has 0 fully saturated rings. The monoisotopic (exact) mass is 766 g/mol. The summed E-state index contributed by atoms with van der Waals surface area (Å²) >= 11 is 0. The average molecular weight is 767 g/mol. The number of ether oxygens (including phenoxy) is 1. The van der Waals surface area contributed by atoms with E-state index in [0.717, 1.165) is 67.2 Å². The van der Waals surface area contributed by atoms with Crippen molar-refractivity contribution < 1.29 is 19.1 Å². The number of esters is 1. The molecule has 292 valence electrons. The van der Waals surface area contributed by atoms with Gasteiger partial charge in [-0.3, -0.25) is 9.59 Å². The molecular weight excluding hydrogens is 717 g/mol. The van der Waals surface area contributed by atoms with Crippen molar-refractivity contribution in [3.63, 3.8) is 0 Å². The molecule has 6 aromatic carbocycles. The summed E-state index contributed by atoms with van der Waals surface area (Å²) in [6.07, 6.45) is 6.20. The minimum absolute atomic E-state index is 0.0314. The Morgan fingerprint density at radius 3 is 1.59 bits per heavy atom. The highest BCUT2D eigenvalue weighted by Crippen LogP contribution is 2.29. The minimum Gasteiger partial charge on any atom is -0.461 e. The van der Waals surface area contributed by atoms with Gasteiger partial charge in [0.25, 0.3) is 11.8 Å². The lowest BCUT2D eigenvalue weighted by Crippen LogP contribution is -2.50. The van der Waals surface area contributed by atoms with Crippen molar-refractivity contribution in [1.82, 2.24) is 9.80 Å². The summed E-state index contributed by atoms with van der Waals surface area (Å²) in [6.45, 7) is 1.66. The van der Waals surface area contributed by atoms with Crippen LogP contribution in [-0.2, 0) is 48.3 Å². The zero-order valence-corrected chi connectivity index (χ0v) is 33.0. The second-order valence-electron chi connectivity index (χ2n) is 15.6. The minimum atomic E-state index is -0.730. The van der Waals surface area contributed by atoms with E-state index in [4.69, 9.17) is 4.74 Å². The first-order chi connectivity index (χ1) is 28.5. The van der Waals surface area contributed by atoms with Crippen molar-refractivity contribution in [2.24, 2.45) is 0 Å². The molecule has 0 bridgehead atoms. The molecule has 0 aliphatic carbocycles. The second kappa shape index (κ2) is 18.3. The molecule has 8 rings (SSSR count). The maximum atomic E-state index is 14.3. The molecule has 0 spiro atoms. The fraction of sp³-hybridized carbons (Fsp3) is 0.250. The van der Waals surface area contributed by atoms with Gasteiger partial charge in [-0.25, -0.2) is 4.79 Å². The predicted octanol–water partition coefficient (Wildman–Crippen LogP) is 10.1. The molecule has 2 aliphatic heterocycles. The number of benzene rings is 6. The van der Waals surface area contributed by atoms with Gasteiger partial charge in [0.1, 0.15) is 12.1 Å². The van der Waals surface area contributed by atoms with Crippen LogP contribution in [0.25, 0.3) is 11.1 Å². The summed E-state index contributed by atoms with van der Waals surface area (Å²) in [5.74, 6) is -0.507. The van der Waals surface area contributed by atoms with E-state index in [1.807, 2.05) is 95.9 Å². The Hall–Kier alpha value is -6.27. The lowest BCUT2D eigenvalue weighted by molar-refractivity contribution is -0.156. The Morgan fingerprint density at radius 1 is 0.534 bits per heavy atom. The van der Waals surface area contributed by atoms with Gasteiger partial charge >= 0.3 is 5.97 Å². The molecule has 1 atom stereocenters. The lowest BCUT2D eigenvalue weighted by Gasteiger charge is -2.36. The Bertz CT molecular complexity index is 2280. The van der Waals surface area contributed by atoms with Crippen molar-refractivity contribution in [1.29, 1.82) is 0 Å². The third kappa shape index (κ3) is 9.29. The summed E-state index contributed by atoms with van der Waals surface area (Å²) in [7, 11) is 0. The summed E-state index contributed by atoms with van der Waals surface area (Å²) in [4.78, 5) is 45.6. The van der Waals surface area contributed by atoms with Crippen LogP contribution in [0.5, 0.6) is 0 Å². The number of carbonyl (C=O) groups is 3. The molecule has 0 saturated heterocycles. The number of hydrogen-bond acceptors (Lipinski definition) is 4. The Balaban J connectivity index is 0.949. The Kier molecular flexibility index (Phi) is 12.2. The van der Waals surface area contributed by atoms with Crippen LogP contribution < -0.4 is 0 Å². The van der Waals surface area contributed by atoms with E-state index in [0.29, 0.717) is 37.2 Å². The number of aryl methyl sites for hydroxylation is 2. The van der Waals surface area contributed by atoms with E-state index >= 15 is 0 Å². The SMILES string of the molecule is O=C(OC(CCCc1ccccc1)CCCc1ccccc1)C1Cc2ccccc2CN1C(=O)c1ccc(-c2ccc(C(=O)N3CCc4ccccc4C3)cc2)cc1. The Labute approximate surface area is 342 Å². The predicted molar refractivity (Wildman–Crippen MR) is 229 cm³/mol. The van der Waals surface area contributed by atoms with E-state index in [-0.39, 0.29) is 23.9 Å². The fourth-order valence-corrected chi connectivity index (χ4v) is 8.44. The van der Waals surface area contributed by atoms with Gasteiger partial charge in [-0.1, -0.05) is 133 Å². The molecule has 2 amide bonds. The van der Waals surface area contributed by atoms with Crippen molar-refractivity contribution in [2.75, 3.05) is 6.54 Å². The van der Waals surface area contributed by atoms with Crippen LogP contribution in [-0.4, -0.2) is 46.3 Å². The fourth-order valence-electron chi connectivity index (χ4n) is 8.44. The molecular formula is C52H50N2O4. The molecule has 58 heavy (non-hydrogen) atoms. The zero-order valence-electron chi connectivity index (χ0n) is 33.0. The van der Waals surface area contributed by atoms with Crippen LogP contribution >= 0.6 is 0 Å². The number of carbonyl (C=O) groups excluding carboxylic acids is 3. The molecule has 6 aromatic rings. The lowest BCUT2D eigenvalue weighted by atomic mass is 9.93. The third-order valence-corrected chi connectivity index (χ3v) is 11.7. The maximum absolute atomic E-state index is 14.3. The quantitative estimate of drug-likeness (QED) is 0.110. The molecule has 0 saturated carbocycles. The first kappa shape index (κ1) is 38.6. The van der Waals surface area contributed by atoms with Gasteiger partial charge in [0.05, 0.1) is 0 Å². The first-order valence-electron chi connectivity index (χ1n) is 20.7. The van der Waals surface area contributed by atoms with Gasteiger partial charge in [-0.15, -0.1) is 0 Å². The third-order valence-electron chi connectivity index (χ3n) is 11.7. The molecule has 1 unspecified atom stereocenters. The van der Waals surface area contributed by atoms with Gasteiger partial charge in [0.15, 0.2) is 0 Å². The van der Waals surface area contributed by atoms with Gasteiger partial charge in [-0.2, -0.15) is 0 Å². The maximum Gasteiger partial charge on any atom is 0.329 e. The van der Waals surface area contributed by atoms with Crippen molar-refractivity contribution >= 4 is 17.8 Å². The van der Waals surface area contributed by atoms with Crippen LogP contribution in [0.2, 0.25) is 0 Å². The van der Waals surface area contributed by atoms with Crippen molar-refractivity contribution in [2.45, 2.75) is 76.6 Å². The highest BCUT2D eigenvalue weighted by Gasteiger charge is 2.37. The first-order valence-corrected chi connectivity index (χ1v) is 20.7. The number of fused-ring (bicyclic) bond motifs is 2. The molecule has 2 aliphatic rings. The summed E-state index contributed by atoms with van der Waals surface area (Å²) in [6, 6.07) is 51.7. The largest absolute Gasteiger partial charge is 0.461 e. The molecule has 0 aromatic heterocycles. The van der Waals surface area contributed by atoms with Gasteiger partial charge in [0, 0.05) is 37.2 Å². The number of hydrogen-bond donors (Lipinski definition) is 0. The summed E-state index contributed by atoms with van der Waals surface area (Å²) in [5, 5.41) is 0. The second-order valence-corrected chi connectivity index (χ2v) is 15.6. The summed E-state index contributed by atoms with van der Waals surface area (Å²) in [5.41, 5.74) is 10.3. The van der Waals surface area contributed by atoms with E-state index in [1.165, 1.54) is 22.3 Å². The average Bonchev–Trinajstić information content (AvgIpc) is 3.28. The highest BCUT2D eigenvalue weighted by atomic mass is 16.5. The van der Waals surface area contributed by atoms with Crippen LogP contribution in [0, 0.1) is 0 Å². The smallest absolute Gasteiger partial charge is 0.329 e. The highest BCUT2D eigenvalue weighted by molar-refractivity contribution is 5.98. The van der Waals surface area contributed by atoms with Gasteiger partial charge < -0.3 is 14.5 Å². The van der Waals surface area contributed by atoms with E-state index in [1.54, 1.807) is 4.90 Å². The van der Waals surface area contributed by atoms with E-state index in [9.17, 15) is 14.4 Å². The number of nitrogens with zero attached hydrogens (tertiary/aromatic N) is 2. The van der Waals surface area contributed by atoms with Crippen molar-refractivity contribution in [3.8, 4) is 11.1 Å². The molecule has 0 radical (unpaired) electrons. The molecule has 2 heterocycles. The standard InChI is InChI=1S/C52H50N2O4/c55-50(53-34-33-40-19-7-9-21-46(40)36-53)43-29-25-41(26-30-43)42-27-31-44(32-28-42)51(56)54-37-47-22-10-8-20-45(47)35-49(54)52(57)58-48(23-11-17-38-13-3-1-4-14-38)24-12-18-39-15-5-2-6-16-39/h1-10,13-16,19-22,25-32,48-49H,11-12,17-18,23-24,33-37H2. The van der Waals surface area contributed by atoms with Crippen molar-refractivity contribution in [3.05, 3.63) is 202 Å².